The Bertz CT molecular complexity index is 1290. The third kappa shape index (κ3) is 5.11. The van der Waals surface area contributed by atoms with Crippen LogP contribution in [-0.4, -0.2) is 50.4 Å². The van der Waals surface area contributed by atoms with Crippen molar-refractivity contribution in [3.8, 4) is 34.8 Å². The van der Waals surface area contributed by atoms with Crippen molar-refractivity contribution >= 4 is 6.09 Å². The zero-order chi connectivity index (χ0) is 25.3. The Morgan fingerprint density at radius 2 is 2.06 bits per heavy atom. The van der Waals surface area contributed by atoms with E-state index in [9.17, 15) is 15.2 Å². The summed E-state index contributed by atoms with van der Waals surface area (Å²) in [5.74, 6) is 0.990. The Kier molecular flexibility index (Phi) is 6.48. The Hall–Kier alpha value is -3.93. The Balaban J connectivity index is 1.66. The van der Waals surface area contributed by atoms with Crippen LogP contribution in [0, 0.1) is 16.7 Å². The van der Waals surface area contributed by atoms with Gasteiger partial charge in [-0.25, -0.2) is 9.78 Å². The minimum atomic E-state index is -0.898. The first-order valence-corrected chi connectivity index (χ1v) is 11.6. The molecule has 4 rings (SSSR count). The van der Waals surface area contributed by atoms with Crippen LogP contribution in [0.5, 0.6) is 5.88 Å². The quantitative estimate of drug-likeness (QED) is 0.551. The molecule has 0 fully saturated rings. The molecule has 182 valence electrons. The molecule has 3 heterocycles. The number of benzene rings is 1. The van der Waals surface area contributed by atoms with Gasteiger partial charge >= 0.3 is 6.09 Å². The molecule has 1 aliphatic rings. The van der Waals surface area contributed by atoms with E-state index < -0.39 is 6.09 Å². The van der Waals surface area contributed by atoms with Crippen LogP contribution < -0.4 is 4.74 Å². The molecular weight excluding hydrogens is 446 g/mol. The van der Waals surface area contributed by atoms with Gasteiger partial charge in [-0.15, -0.1) is 0 Å². The van der Waals surface area contributed by atoms with E-state index in [1.165, 1.54) is 4.90 Å². The SMILES string of the molecule is CC(C)Oc1ncc(-c2nc(-c3ccc4c(c3)CCN(C(=O)O)CC4C(C)(C)C)no2)cc1C#N. The number of ether oxygens (including phenoxy) is 1. The third-order valence-electron chi connectivity index (χ3n) is 6.14. The second-order valence-electron chi connectivity index (χ2n) is 10.1. The van der Waals surface area contributed by atoms with Crippen LogP contribution >= 0.6 is 0 Å². The van der Waals surface area contributed by atoms with Crippen LogP contribution in [0.4, 0.5) is 4.79 Å². The van der Waals surface area contributed by atoms with Gasteiger partial charge in [0.15, 0.2) is 0 Å². The smallest absolute Gasteiger partial charge is 0.407 e. The zero-order valence-electron chi connectivity index (χ0n) is 20.6. The molecule has 1 N–H and O–H groups in total. The van der Waals surface area contributed by atoms with Crippen molar-refractivity contribution in [1.29, 1.82) is 5.26 Å². The summed E-state index contributed by atoms with van der Waals surface area (Å²) in [6.45, 7) is 11.0. The molecule has 9 nitrogen and oxygen atoms in total. The van der Waals surface area contributed by atoms with Crippen LogP contribution in [0.25, 0.3) is 22.8 Å². The number of carboxylic acid groups (broad SMARTS) is 1. The lowest BCUT2D eigenvalue weighted by Gasteiger charge is -2.33. The second kappa shape index (κ2) is 9.37. The van der Waals surface area contributed by atoms with Crippen LogP contribution in [0.15, 0.2) is 35.0 Å². The van der Waals surface area contributed by atoms with Gasteiger partial charge in [0.05, 0.1) is 11.7 Å². The molecule has 0 bridgehead atoms. The van der Waals surface area contributed by atoms with E-state index in [0.717, 1.165) is 16.7 Å². The molecule has 9 heteroatoms. The molecule has 35 heavy (non-hydrogen) atoms. The van der Waals surface area contributed by atoms with Crippen molar-refractivity contribution in [3.63, 3.8) is 0 Å². The molecule has 0 saturated heterocycles. The first-order valence-electron chi connectivity index (χ1n) is 11.6. The molecule has 0 radical (unpaired) electrons. The van der Waals surface area contributed by atoms with E-state index in [-0.39, 0.29) is 34.8 Å². The van der Waals surface area contributed by atoms with Crippen LogP contribution in [0.1, 0.15) is 57.2 Å². The van der Waals surface area contributed by atoms with Gasteiger partial charge in [0.25, 0.3) is 5.89 Å². The average Bonchev–Trinajstić information content (AvgIpc) is 3.19. The van der Waals surface area contributed by atoms with Gasteiger partial charge in [0.1, 0.15) is 11.6 Å². The molecule has 1 aliphatic heterocycles. The standard InChI is InChI=1S/C26H29N5O4/c1-15(2)34-23-18(12-27)11-19(13-28-23)24-29-22(30-35-24)17-6-7-20-16(10-17)8-9-31(25(32)33)14-21(20)26(3,4)5/h6-7,10-11,13,15,21H,8-9,14H2,1-5H3,(H,32,33). The fourth-order valence-electron chi connectivity index (χ4n) is 4.31. The largest absolute Gasteiger partial charge is 0.474 e. The monoisotopic (exact) mass is 475 g/mol. The van der Waals surface area contributed by atoms with Crippen LogP contribution in [-0.2, 0) is 6.42 Å². The highest BCUT2D eigenvalue weighted by atomic mass is 16.5. The van der Waals surface area contributed by atoms with Crippen molar-refractivity contribution in [2.24, 2.45) is 5.41 Å². The van der Waals surface area contributed by atoms with Crippen molar-refractivity contribution < 1.29 is 19.2 Å². The van der Waals surface area contributed by atoms with Crippen LogP contribution in [0.3, 0.4) is 0 Å². The number of carbonyl (C=O) groups is 1. The first-order chi connectivity index (χ1) is 16.6. The normalized spacial score (nSPS) is 15.9. The molecule has 1 amide bonds. The second-order valence-corrected chi connectivity index (χ2v) is 10.1. The highest BCUT2D eigenvalue weighted by molar-refractivity contribution is 5.66. The number of hydrogen-bond donors (Lipinski definition) is 1. The molecule has 1 atom stereocenters. The number of pyridine rings is 1. The molecular formula is C26H29N5O4. The maximum Gasteiger partial charge on any atom is 0.407 e. The molecule has 0 aliphatic carbocycles. The molecule has 0 spiro atoms. The van der Waals surface area contributed by atoms with Crippen molar-refractivity contribution in [1.82, 2.24) is 20.0 Å². The number of rotatable bonds is 4. The maximum absolute atomic E-state index is 11.7. The van der Waals surface area contributed by atoms with Gasteiger partial charge < -0.3 is 19.3 Å². The van der Waals surface area contributed by atoms with E-state index in [4.69, 9.17) is 9.26 Å². The summed E-state index contributed by atoms with van der Waals surface area (Å²) >= 11 is 0. The van der Waals surface area contributed by atoms with E-state index in [0.29, 0.717) is 30.9 Å². The highest BCUT2D eigenvalue weighted by Gasteiger charge is 2.33. The van der Waals surface area contributed by atoms with Gasteiger partial charge in [0, 0.05) is 30.8 Å². The summed E-state index contributed by atoms with van der Waals surface area (Å²) in [7, 11) is 0. The number of amides is 1. The number of hydrogen-bond acceptors (Lipinski definition) is 7. The molecule has 0 saturated carbocycles. The zero-order valence-corrected chi connectivity index (χ0v) is 20.6. The lowest BCUT2D eigenvalue weighted by Crippen LogP contribution is -2.36. The molecule has 2 aromatic heterocycles. The molecule has 3 aromatic rings. The van der Waals surface area contributed by atoms with Crippen molar-refractivity contribution in [2.75, 3.05) is 13.1 Å². The molecule has 1 aromatic carbocycles. The summed E-state index contributed by atoms with van der Waals surface area (Å²) < 4.78 is 11.1. The molecule has 1 unspecified atom stereocenters. The Morgan fingerprint density at radius 3 is 2.71 bits per heavy atom. The van der Waals surface area contributed by atoms with E-state index in [1.807, 2.05) is 26.0 Å². The summed E-state index contributed by atoms with van der Waals surface area (Å²) in [5, 5.41) is 23.2. The fraction of sp³-hybridized carbons (Fsp3) is 0.423. The van der Waals surface area contributed by atoms with Gasteiger partial charge in [-0.3, -0.25) is 0 Å². The Morgan fingerprint density at radius 1 is 1.29 bits per heavy atom. The fourth-order valence-corrected chi connectivity index (χ4v) is 4.31. The number of aromatic nitrogens is 3. The maximum atomic E-state index is 11.7. The first kappa shape index (κ1) is 24.2. The van der Waals surface area contributed by atoms with E-state index in [1.54, 1.807) is 12.3 Å². The minimum absolute atomic E-state index is 0.0630. The summed E-state index contributed by atoms with van der Waals surface area (Å²) in [6.07, 6.45) is 1.15. The predicted molar refractivity (Wildman–Crippen MR) is 129 cm³/mol. The number of fused-ring (bicyclic) bond motifs is 1. The van der Waals surface area contributed by atoms with E-state index in [2.05, 4.69) is 48.0 Å². The summed E-state index contributed by atoms with van der Waals surface area (Å²) in [6, 6.07) is 9.73. The predicted octanol–water partition coefficient (Wildman–Crippen LogP) is 5.12. The van der Waals surface area contributed by atoms with Gasteiger partial charge in [-0.1, -0.05) is 38.1 Å². The van der Waals surface area contributed by atoms with Crippen molar-refractivity contribution in [3.05, 3.63) is 47.2 Å². The number of nitrogens with zero attached hydrogens (tertiary/aromatic N) is 5. The third-order valence-corrected chi connectivity index (χ3v) is 6.14. The van der Waals surface area contributed by atoms with Gasteiger partial charge in [-0.2, -0.15) is 10.2 Å². The van der Waals surface area contributed by atoms with Crippen LogP contribution in [0.2, 0.25) is 0 Å². The highest BCUT2D eigenvalue weighted by Crippen LogP contribution is 2.40. The lowest BCUT2D eigenvalue weighted by molar-refractivity contribution is 0.135. The number of nitriles is 1. The van der Waals surface area contributed by atoms with E-state index >= 15 is 0 Å². The van der Waals surface area contributed by atoms with Gasteiger partial charge in [0.2, 0.25) is 11.7 Å². The average molecular weight is 476 g/mol. The topological polar surface area (TPSA) is 125 Å². The Labute approximate surface area is 204 Å². The minimum Gasteiger partial charge on any atom is -0.474 e. The summed E-state index contributed by atoms with van der Waals surface area (Å²) in [4.78, 5) is 22.0. The lowest BCUT2D eigenvalue weighted by atomic mass is 9.75. The van der Waals surface area contributed by atoms with Crippen molar-refractivity contribution in [2.45, 2.75) is 53.1 Å². The summed E-state index contributed by atoms with van der Waals surface area (Å²) in [5.41, 5.74) is 3.72. The van der Waals surface area contributed by atoms with Gasteiger partial charge in [-0.05, 0) is 48.9 Å².